The SMILES string of the molecule is Cn1c(C2CCC2)nc2ccc(CC3CCNC3)cc21. The van der Waals surface area contributed by atoms with Crippen LogP contribution in [0.15, 0.2) is 18.2 Å². The molecule has 1 aromatic carbocycles. The monoisotopic (exact) mass is 269 g/mol. The number of aromatic nitrogens is 2. The van der Waals surface area contributed by atoms with Gasteiger partial charge in [0.2, 0.25) is 0 Å². The molecule has 1 aliphatic heterocycles. The summed E-state index contributed by atoms with van der Waals surface area (Å²) in [7, 11) is 2.18. The van der Waals surface area contributed by atoms with E-state index < -0.39 is 0 Å². The van der Waals surface area contributed by atoms with Gasteiger partial charge in [0.05, 0.1) is 11.0 Å². The Morgan fingerprint density at radius 2 is 2.20 bits per heavy atom. The Morgan fingerprint density at radius 1 is 1.30 bits per heavy atom. The van der Waals surface area contributed by atoms with E-state index in [4.69, 9.17) is 4.98 Å². The maximum absolute atomic E-state index is 4.86. The Bertz CT molecular complexity index is 618. The van der Waals surface area contributed by atoms with Crippen molar-refractivity contribution < 1.29 is 0 Å². The summed E-state index contributed by atoms with van der Waals surface area (Å²) >= 11 is 0. The minimum atomic E-state index is 0.704. The number of imidazole rings is 1. The Balaban J connectivity index is 1.65. The average Bonchev–Trinajstić information content (AvgIpc) is 2.99. The fourth-order valence-electron chi connectivity index (χ4n) is 3.63. The van der Waals surface area contributed by atoms with Crippen molar-refractivity contribution in [1.82, 2.24) is 14.9 Å². The molecule has 106 valence electrons. The van der Waals surface area contributed by atoms with Gasteiger partial charge in [-0.3, -0.25) is 0 Å². The largest absolute Gasteiger partial charge is 0.331 e. The minimum Gasteiger partial charge on any atom is -0.331 e. The molecule has 20 heavy (non-hydrogen) atoms. The summed E-state index contributed by atoms with van der Waals surface area (Å²) < 4.78 is 2.33. The molecule has 2 fully saturated rings. The smallest absolute Gasteiger partial charge is 0.112 e. The standard InChI is InChI=1S/C17H23N3/c1-20-16-10-12(9-13-7-8-18-11-13)5-6-15(16)19-17(20)14-3-2-4-14/h5-6,10,13-14,18H,2-4,7-9,11H2,1H3. The Morgan fingerprint density at radius 3 is 2.90 bits per heavy atom. The zero-order valence-electron chi connectivity index (χ0n) is 12.2. The summed E-state index contributed by atoms with van der Waals surface area (Å²) in [5.74, 6) is 2.81. The summed E-state index contributed by atoms with van der Waals surface area (Å²) in [6.45, 7) is 2.36. The highest BCUT2D eigenvalue weighted by atomic mass is 15.1. The van der Waals surface area contributed by atoms with Crippen molar-refractivity contribution in [3.05, 3.63) is 29.6 Å². The Hall–Kier alpha value is -1.35. The first kappa shape index (κ1) is 12.4. The second-order valence-electron chi connectivity index (χ2n) is 6.54. The molecule has 1 aromatic heterocycles. The molecular formula is C17H23N3. The van der Waals surface area contributed by atoms with Crippen LogP contribution in [0.25, 0.3) is 11.0 Å². The van der Waals surface area contributed by atoms with Crippen LogP contribution in [0.5, 0.6) is 0 Å². The Kier molecular flexibility index (Phi) is 3.03. The molecule has 0 radical (unpaired) electrons. The molecule has 2 heterocycles. The third kappa shape index (κ3) is 2.05. The van der Waals surface area contributed by atoms with Crippen LogP contribution in [0.3, 0.4) is 0 Å². The summed E-state index contributed by atoms with van der Waals surface area (Å²) in [4.78, 5) is 4.86. The molecule has 1 unspecified atom stereocenters. The lowest BCUT2D eigenvalue weighted by molar-refractivity contribution is 0.394. The maximum Gasteiger partial charge on any atom is 0.112 e. The van der Waals surface area contributed by atoms with Crippen molar-refractivity contribution in [2.24, 2.45) is 13.0 Å². The quantitative estimate of drug-likeness (QED) is 0.928. The maximum atomic E-state index is 4.86. The minimum absolute atomic E-state index is 0.704. The van der Waals surface area contributed by atoms with E-state index in [1.165, 1.54) is 67.6 Å². The molecule has 2 aromatic rings. The van der Waals surface area contributed by atoms with Gasteiger partial charge >= 0.3 is 0 Å². The number of hydrogen-bond donors (Lipinski definition) is 1. The molecule has 4 rings (SSSR count). The fraction of sp³-hybridized carbons (Fsp3) is 0.588. The Labute approximate surface area is 120 Å². The lowest BCUT2D eigenvalue weighted by Crippen LogP contribution is -2.13. The van der Waals surface area contributed by atoms with Gasteiger partial charge in [0.1, 0.15) is 5.82 Å². The number of benzene rings is 1. The van der Waals surface area contributed by atoms with Crippen molar-refractivity contribution in [2.75, 3.05) is 13.1 Å². The van der Waals surface area contributed by atoms with Gasteiger partial charge in [-0.15, -0.1) is 0 Å². The fourth-order valence-corrected chi connectivity index (χ4v) is 3.63. The van der Waals surface area contributed by atoms with Gasteiger partial charge in [0, 0.05) is 13.0 Å². The predicted octanol–water partition coefficient (Wildman–Crippen LogP) is 2.99. The third-order valence-electron chi connectivity index (χ3n) is 5.14. The molecule has 1 atom stereocenters. The molecule has 2 aliphatic rings. The first-order chi connectivity index (χ1) is 9.81. The first-order valence-corrected chi connectivity index (χ1v) is 7.97. The second kappa shape index (κ2) is 4.88. The predicted molar refractivity (Wildman–Crippen MR) is 82.0 cm³/mol. The third-order valence-corrected chi connectivity index (χ3v) is 5.14. The highest BCUT2D eigenvalue weighted by molar-refractivity contribution is 5.77. The van der Waals surface area contributed by atoms with Crippen LogP contribution in [0.1, 0.15) is 43.0 Å². The van der Waals surface area contributed by atoms with E-state index in [0.717, 1.165) is 5.92 Å². The molecule has 1 aliphatic carbocycles. The normalized spacial score (nSPS) is 23.4. The average molecular weight is 269 g/mol. The van der Waals surface area contributed by atoms with E-state index in [1.54, 1.807) is 0 Å². The van der Waals surface area contributed by atoms with Gasteiger partial charge < -0.3 is 9.88 Å². The summed E-state index contributed by atoms with van der Waals surface area (Å²) in [6.07, 6.45) is 6.52. The van der Waals surface area contributed by atoms with Crippen LogP contribution >= 0.6 is 0 Å². The number of nitrogens with zero attached hydrogens (tertiary/aromatic N) is 2. The van der Waals surface area contributed by atoms with E-state index in [9.17, 15) is 0 Å². The lowest BCUT2D eigenvalue weighted by atomic mass is 9.85. The molecular weight excluding hydrogens is 246 g/mol. The van der Waals surface area contributed by atoms with Gasteiger partial charge in [-0.2, -0.15) is 0 Å². The molecule has 3 nitrogen and oxygen atoms in total. The number of hydrogen-bond acceptors (Lipinski definition) is 2. The van der Waals surface area contributed by atoms with E-state index in [1.807, 2.05) is 0 Å². The van der Waals surface area contributed by atoms with Crippen LogP contribution in [0, 0.1) is 5.92 Å². The number of fused-ring (bicyclic) bond motifs is 1. The number of aryl methyl sites for hydroxylation is 1. The van der Waals surface area contributed by atoms with Crippen molar-refractivity contribution in [3.63, 3.8) is 0 Å². The summed E-state index contributed by atoms with van der Waals surface area (Å²) in [5, 5.41) is 3.46. The van der Waals surface area contributed by atoms with Crippen LogP contribution < -0.4 is 5.32 Å². The summed E-state index contributed by atoms with van der Waals surface area (Å²) in [6, 6.07) is 6.86. The highest BCUT2D eigenvalue weighted by Crippen LogP contribution is 2.36. The van der Waals surface area contributed by atoms with Crippen molar-refractivity contribution in [2.45, 2.75) is 38.0 Å². The molecule has 0 bridgehead atoms. The van der Waals surface area contributed by atoms with Crippen LogP contribution in [0.2, 0.25) is 0 Å². The molecule has 1 saturated heterocycles. The number of rotatable bonds is 3. The molecule has 3 heteroatoms. The molecule has 1 saturated carbocycles. The zero-order chi connectivity index (χ0) is 13.5. The van der Waals surface area contributed by atoms with E-state index >= 15 is 0 Å². The second-order valence-corrected chi connectivity index (χ2v) is 6.54. The van der Waals surface area contributed by atoms with Gasteiger partial charge in [-0.1, -0.05) is 12.5 Å². The summed E-state index contributed by atoms with van der Waals surface area (Å²) in [5.41, 5.74) is 3.95. The lowest BCUT2D eigenvalue weighted by Gasteiger charge is -2.24. The van der Waals surface area contributed by atoms with Crippen LogP contribution in [-0.2, 0) is 13.5 Å². The highest BCUT2D eigenvalue weighted by Gasteiger charge is 2.24. The van der Waals surface area contributed by atoms with Crippen LogP contribution in [0.4, 0.5) is 0 Å². The van der Waals surface area contributed by atoms with E-state index in [-0.39, 0.29) is 0 Å². The van der Waals surface area contributed by atoms with Gasteiger partial charge in [-0.25, -0.2) is 4.98 Å². The first-order valence-electron chi connectivity index (χ1n) is 7.97. The van der Waals surface area contributed by atoms with E-state index in [0.29, 0.717) is 5.92 Å². The van der Waals surface area contributed by atoms with E-state index in [2.05, 4.69) is 35.1 Å². The molecule has 0 spiro atoms. The van der Waals surface area contributed by atoms with Crippen molar-refractivity contribution >= 4 is 11.0 Å². The van der Waals surface area contributed by atoms with Gasteiger partial charge in [0.15, 0.2) is 0 Å². The van der Waals surface area contributed by atoms with Gasteiger partial charge in [0.25, 0.3) is 0 Å². The zero-order valence-corrected chi connectivity index (χ0v) is 12.2. The van der Waals surface area contributed by atoms with Gasteiger partial charge in [-0.05, 0) is 62.4 Å². The van der Waals surface area contributed by atoms with Crippen molar-refractivity contribution in [1.29, 1.82) is 0 Å². The topological polar surface area (TPSA) is 29.9 Å². The van der Waals surface area contributed by atoms with Crippen molar-refractivity contribution in [3.8, 4) is 0 Å². The molecule has 0 amide bonds. The number of nitrogens with one attached hydrogen (secondary N) is 1. The molecule has 1 N–H and O–H groups in total. The van der Waals surface area contributed by atoms with Crippen LogP contribution in [-0.4, -0.2) is 22.6 Å².